The third kappa shape index (κ3) is 2.83. The van der Waals surface area contributed by atoms with Crippen molar-refractivity contribution in [3.8, 4) is 0 Å². The average Bonchev–Trinajstić information content (AvgIpc) is 2.57. The Bertz CT molecular complexity index is 503. The normalized spacial score (nSPS) is 26.8. The summed E-state index contributed by atoms with van der Waals surface area (Å²) in [6.45, 7) is 6.20. The molecule has 0 aliphatic carbocycles. The first-order chi connectivity index (χ1) is 8.83. The lowest BCUT2D eigenvalue weighted by molar-refractivity contribution is -0.119. The van der Waals surface area contributed by atoms with Crippen molar-refractivity contribution in [3.63, 3.8) is 0 Å². The van der Waals surface area contributed by atoms with Gasteiger partial charge in [0, 0.05) is 22.4 Å². The summed E-state index contributed by atoms with van der Waals surface area (Å²) in [5, 5.41) is 3.00. The van der Waals surface area contributed by atoms with E-state index in [2.05, 4.69) is 35.1 Å². The molecule has 2 nitrogen and oxygen atoms in total. The predicted molar refractivity (Wildman–Crippen MR) is 77.5 cm³/mol. The number of hydrogen-bond donors (Lipinski definition) is 1. The Hall–Kier alpha value is -0.900. The molecule has 1 N–H and O–H groups in total. The molecule has 0 radical (unpaired) electrons. The maximum atomic E-state index is 14.1. The van der Waals surface area contributed by atoms with Gasteiger partial charge in [-0.1, -0.05) is 36.7 Å². The van der Waals surface area contributed by atoms with E-state index in [1.807, 2.05) is 6.92 Å². The van der Waals surface area contributed by atoms with Gasteiger partial charge >= 0.3 is 0 Å². The van der Waals surface area contributed by atoms with Crippen molar-refractivity contribution in [2.45, 2.75) is 45.1 Å². The number of carbonyl (C=O) groups excluding carboxylic acids is 1. The highest BCUT2D eigenvalue weighted by molar-refractivity contribution is 9.10. The van der Waals surface area contributed by atoms with Crippen LogP contribution in [0.25, 0.3) is 0 Å². The number of benzene rings is 1. The van der Waals surface area contributed by atoms with Gasteiger partial charge in [-0.2, -0.15) is 0 Å². The lowest BCUT2D eigenvalue weighted by Gasteiger charge is -2.32. The highest BCUT2D eigenvalue weighted by Gasteiger charge is 2.45. The summed E-state index contributed by atoms with van der Waals surface area (Å²) in [5.41, 5.74) is 0.140. The quantitative estimate of drug-likeness (QED) is 0.899. The fourth-order valence-corrected chi connectivity index (χ4v) is 3.23. The molecule has 2 rings (SSSR count). The van der Waals surface area contributed by atoms with E-state index >= 15 is 0 Å². The summed E-state index contributed by atoms with van der Waals surface area (Å²) >= 11 is 3.38. The van der Waals surface area contributed by atoms with E-state index in [9.17, 15) is 9.18 Å². The smallest absolute Gasteiger partial charge is 0.221 e. The Morgan fingerprint density at radius 1 is 1.53 bits per heavy atom. The summed E-state index contributed by atoms with van der Waals surface area (Å²) in [6, 6.07) is 4.93. The topological polar surface area (TPSA) is 29.1 Å². The molecule has 2 unspecified atom stereocenters. The molecule has 19 heavy (non-hydrogen) atoms. The van der Waals surface area contributed by atoms with Crippen LogP contribution in [0.2, 0.25) is 0 Å². The van der Waals surface area contributed by atoms with Crippen molar-refractivity contribution in [1.82, 2.24) is 5.32 Å². The molecule has 0 spiro atoms. The van der Waals surface area contributed by atoms with Crippen LogP contribution < -0.4 is 5.32 Å². The van der Waals surface area contributed by atoms with Gasteiger partial charge in [0.2, 0.25) is 5.91 Å². The van der Waals surface area contributed by atoms with Crippen LogP contribution in [0.15, 0.2) is 22.7 Å². The van der Waals surface area contributed by atoms with Crippen molar-refractivity contribution < 1.29 is 9.18 Å². The fraction of sp³-hybridized carbons (Fsp3) is 0.533. The van der Waals surface area contributed by atoms with Crippen LogP contribution in [0, 0.1) is 11.7 Å². The van der Waals surface area contributed by atoms with Gasteiger partial charge in [-0.15, -0.1) is 0 Å². The maximum absolute atomic E-state index is 14.1. The van der Waals surface area contributed by atoms with Gasteiger partial charge in [-0.3, -0.25) is 4.79 Å². The molecule has 1 aromatic carbocycles. The number of rotatable bonds is 3. The Balaban J connectivity index is 2.43. The molecule has 2 atom stereocenters. The van der Waals surface area contributed by atoms with Crippen LogP contribution in [0.1, 0.15) is 39.2 Å². The SMILES string of the molecule is CC(C)CC1NC(=O)CC1(C)c1cc(Br)ccc1F. The van der Waals surface area contributed by atoms with Crippen molar-refractivity contribution in [1.29, 1.82) is 0 Å². The molecular formula is C15H19BrFNO. The molecule has 1 saturated heterocycles. The van der Waals surface area contributed by atoms with Crippen molar-refractivity contribution >= 4 is 21.8 Å². The molecular weight excluding hydrogens is 309 g/mol. The fourth-order valence-electron chi connectivity index (χ4n) is 2.87. The standard InChI is InChI=1S/C15H19BrFNO/c1-9(2)6-13-15(3,8-14(19)18-13)11-7-10(16)4-5-12(11)17/h4-5,7,9,13H,6,8H2,1-3H3,(H,18,19). The van der Waals surface area contributed by atoms with Gasteiger partial charge in [0.1, 0.15) is 5.82 Å². The van der Waals surface area contributed by atoms with E-state index in [4.69, 9.17) is 0 Å². The van der Waals surface area contributed by atoms with Gasteiger partial charge in [-0.25, -0.2) is 4.39 Å². The van der Waals surface area contributed by atoms with E-state index in [0.29, 0.717) is 17.9 Å². The number of hydrogen-bond acceptors (Lipinski definition) is 1. The Morgan fingerprint density at radius 3 is 2.84 bits per heavy atom. The second-order valence-electron chi connectivity index (χ2n) is 5.97. The molecule has 1 aliphatic rings. The van der Waals surface area contributed by atoms with Crippen LogP contribution in [0.3, 0.4) is 0 Å². The summed E-state index contributed by atoms with van der Waals surface area (Å²) in [5.74, 6) is 0.224. The van der Waals surface area contributed by atoms with Crippen LogP contribution in [0.5, 0.6) is 0 Å². The Labute approximate surface area is 121 Å². The monoisotopic (exact) mass is 327 g/mol. The first-order valence-electron chi connectivity index (χ1n) is 6.58. The predicted octanol–water partition coefficient (Wildman–Crippen LogP) is 3.78. The highest BCUT2D eigenvalue weighted by Crippen LogP contribution is 2.40. The summed E-state index contributed by atoms with van der Waals surface area (Å²) in [6.07, 6.45) is 1.20. The minimum absolute atomic E-state index is 0.00697. The molecule has 1 amide bonds. The molecule has 0 bridgehead atoms. The summed E-state index contributed by atoms with van der Waals surface area (Å²) in [7, 11) is 0. The van der Waals surface area contributed by atoms with E-state index in [1.54, 1.807) is 12.1 Å². The largest absolute Gasteiger partial charge is 0.352 e. The molecule has 4 heteroatoms. The summed E-state index contributed by atoms with van der Waals surface area (Å²) < 4.78 is 15.0. The lowest BCUT2D eigenvalue weighted by atomic mass is 9.73. The Kier molecular flexibility index (Phi) is 4.00. The maximum Gasteiger partial charge on any atom is 0.221 e. The molecule has 0 aromatic heterocycles. The Morgan fingerprint density at radius 2 is 2.21 bits per heavy atom. The van der Waals surface area contributed by atoms with Gasteiger partial charge in [0.05, 0.1) is 0 Å². The van der Waals surface area contributed by atoms with Crippen LogP contribution in [-0.2, 0) is 10.2 Å². The number of carbonyl (C=O) groups is 1. The number of amides is 1. The molecule has 0 saturated carbocycles. The summed E-state index contributed by atoms with van der Waals surface area (Å²) in [4.78, 5) is 11.8. The van der Waals surface area contributed by atoms with Crippen LogP contribution in [-0.4, -0.2) is 11.9 Å². The zero-order chi connectivity index (χ0) is 14.2. The second kappa shape index (κ2) is 5.23. The average molecular weight is 328 g/mol. The third-order valence-electron chi connectivity index (χ3n) is 3.88. The molecule has 1 aliphatic heterocycles. The van der Waals surface area contributed by atoms with Gasteiger partial charge in [0.25, 0.3) is 0 Å². The molecule has 104 valence electrons. The molecule has 1 heterocycles. The van der Waals surface area contributed by atoms with Gasteiger partial charge in [0.15, 0.2) is 0 Å². The van der Waals surface area contributed by atoms with Gasteiger partial charge < -0.3 is 5.32 Å². The van der Waals surface area contributed by atoms with E-state index in [0.717, 1.165) is 10.9 Å². The first-order valence-corrected chi connectivity index (χ1v) is 7.37. The zero-order valence-electron chi connectivity index (χ0n) is 11.5. The second-order valence-corrected chi connectivity index (χ2v) is 6.88. The van der Waals surface area contributed by atoms with E-state index < -0.39 is 5.41 Å². The first kappa shape index (κ1) is 14.5. The van der Waals surface area contributed by atoms with E-state index in [-0.39, 0.29) is 17.8 Å². The van der Waals surface area contributed by atoms with Crippen molar-refractivity contribution in [3.05, 3.63) is 34.1 Å². The number of nitrogens with one attached hydrogen (secondary N) is 1. The van der Waals surface area contributed by atoms with Gasteiger partial charge in [-0.05, 0) is 36.1 Å². The lowest BCUT2D eigenvalue weighted by Crippen LogP contribution is -2.40. The van der Waals surface area contributed by atoms with Crippen LogP contribution >= 0.6 is 15.9 Å². The third-order valence-corrected chi connectivity index (χ3v) is 4.38. The highest BCUT2D eigenvalue weighted by atomic mass is 79.9. The zero-order valence-corrected chi connectivity index (χ0v) is 13.1. The minimum Gasteiger partial charge on any atom is -0.352 e. The molecule has 1 fully saturated rings. The van der Waals surface area contributed by atoms with Crippen molar-refractivity contribution in [2.24, 2.45) is 5.92 Å². The van der Waals surface area contributed by atoms with Crippen LogP contribution in [0.4, 0.5) is 4.39 Å². The minimum atomic E-state index is -0.477. The molecule has 1 aromatic rings. The van der Waals surface area contributed by atoms with Crippen molar-refractivity contribution in [2.75, 3.05) is 0 Å². The number of halogens is 2. The van der Waals surface area contributed by atoms with E-state index in [1.165, 1.54) is 6.07 Å².